The summed E-state index contributed by atoms with van der Waals surface area (Å²) in [6, 6.07) is 4.64. The molecule has 1 saturated heterocycles. The second kappa shape index (κ2) is 14.2. The van der Waals surface area contributed by atoms with Crippen molar-refractivity contribution in [1.82, 2.24) is 16.0 Å². The number of primary amides is 1. The Morgan fingerprint density at radius 3 is 2.39 bits per heavy atom. The van der Waals surface area contributed by atoms with E-state index in [0.29, 0.717) is 23.4 Å². The number of rotatable bonds is 11. The van der Waals surface area contributed by atoms with Gasteiger partial charge in [0.15, 0.2) is 0 Å². The molecule has 3 aliphatic rings. The number of hydrogen-bond acceptors (Lipinski definition) is 6. The van der Waals surface area contributed by atoms with Crippen LogP contribution in [0.4, 0.5) is 4.79 Å². The maximum Gasteiger partial charge on any atom is 0.408 e. The molecular formula is C30H41ClN4O6. The highest BCUT2D eigenvalue weighted by atomic mass is 35.5. The Bertz CT molecular complexity index is 1130. The largest absolute Gasteiger partial charge is 0.445 e. The summed E-state index contributed by atoms with van der Waals surface area (Å²) < 4.78 is 5.35. The lowest BCUT2D eigenvalue weighted by Gasteiger charge is -2.33. The van der Waals surface area contributed by atoms with E-state index in [1.807, 2.05) is 0 Å². The molecule has 2 unspecified atom stereocenters. The lowest BCUT2D eigenvalue weighted by molar-refractivity contribution is -0.139. The Morgan fingerprint density at radius 2 is 1.71 bits per heavy atom. The summed E-state index contributed by atoms with van der Waals surface area (Å²) in [5, 5.41) is 8.94. The molecule has 10 nitrogen and oxygen atoms in total. The van der Waals surface area contributed by atoms with Crippen molar-refractivity contribution in [3.05, 3.63) is 34.9 Å². The summed E-state index contributed by atoms with van der Waals surface area (Å²) in [6.45, 7) is -0.0362. The van der Waals surface area contributed by atoms with Gasteiger partial charge in [0.05, 0.1) is 6.04 Å². The van der Waals surface area contributed by atoms with Crippen LogP contribution in [0.5, 0.6) is 0 Å². The van der Waals surface area contributed by atoms with Crippen LogP contribution in [0.2, 0.25) is 5.02 Å². The zero-order valence-electron chi connectivity index (χ0n) is 23.4. The van der Waals surface area contributed by atoms with Crippen LogP contribution < -0.4 is 21.7 Å². The molecule has 3 atom stereocenters. The van der Waals surface area contributed by atoms with Crippen molar-refractivity contribution in [1.29, 1.82) is 0 Å². The highest BCUT2D eigenvalue weighted by Crippen LogP contribution is 2.39. The topological polar surface area (TPSA) is 157 Å². The van der Waals surface area contributed by atoms with E-state index < -0.39 is 41.7 Å². The fraction of sp³-hybridized carbons (Fsp3) is 0.633. The number of carbonyl (C=O) groups excluding carboxylic acids is 5. The minimum Gasteiger partial charge on any atom is -0.445 e. The predicted octanol–water partition coefficient (Wildman–Crippen LogP) is 3.67. The predicted molar refractivity (Wildman–Crippen MR) is 153 cm³/mol. The monoisotopic (exact) mass is 588 g/mol. The normalized spacial score (nSPS) is 21.9. The number of nitrogens with two attached hydrogens (primary N) is 1. The minimum atomic E-state index is -1.27. The van der Waals surface area contributed by atoms with E-state index in [2.05, 4.69) is 16.0 Å². The Morgan fingerprint density at radius 1 is 1.00 bits per heavy atom. The van der Waals surface area contributed by atoms with Crippen molar-refractivity contribution in [2.75, 3.05) is 0 Å². The first kappa shape index (κ1) is 30.8. The molecular weight excluding hydrogens is 548 g/mol. The lowest BCUT2D eigenvalue weighted by atomic mass is 9.78. The van der Waals surface area contributed by atoms with Gasteiger partial charge in [-0.3, -0.25) is 19.2 Å². The average Bonchev–Trinajstić information content (AvgIpc) is 3.24. The summed E-state index contributed by atoms with van der Waals surface area (Å²) in [5.74, 6) is -3.25. The molecule has 224 valence electrons. The quantitative estimate of drug-likeness (QED) is 0.289. The number of ketones is 1. The molecule has 4 amide bonds. The molecule has 2 aliphatic carbocycles. The number of nitrogens with one attached hydrogen (secondary N) is 3. The maximum absolute atomic E-state index is 13.6. The van der Waals surface area contributed by atoms with Crippen LogP contribution in [0.25, 0.3) is 0 Å². The second-order valence-electron chi connectivity index (χ2n) is 11.9. The fourth-order valence-electron chi connectivity index (χ4n) is 6.63. The van der Waals surface area contributed by atoms with Gasteiger partial charge in [0, 0.05) is 16.5 Å². The lowest BCUT2D eigenvalue weighted by Crippen LogP contribution is -2.54. The Hall–Kier alpha value is -3.14. The molecule has 1 spiro atoms. The van der Waals surface area contributed by atoms with Gasteiger partial charge in [-0.05, 0) is 55.7 Å². The fourth-order valence-corrected chi connectivity index (χ4v) is 6.85. The first-order valence-electron chi connectivity index (χ1n) is 14.8. The van der Waals surface area contributed by atoms with Crippen LogP contribution in [0.15, 0.2) is 24.3 Å². The van der Waals surface area contributed by atoms with Gasteiger partial charge in [0.25, 0.3) is 5.91 Å². The third kappa shape index (κ3) is 8.67. The molecule has 11 heteroatoms. The number of benzene rings is 1. The van der Waals surface area contributed by atoms with E-state index in [4.69, 9.17) is 22.1 Å². The van der Waals surface area contributed by atoms with Crippen molar-refractivity contribution < 1.29 is 28.7 Å². The first-order chi connectivity index (χ1) is 19.6. The standard InChI is InChI=1S/C30H41ClN4O6/c31-22-11-7-10-20(14-22)18-41-29(40)34-24(15-19-8-3-1-4-9-19)28(39)33-23(25(36)26(32)37)16-21-17-30(35-27(21)38)12-5-2-6-13-30/h7,10-11,14,19,21,23-24H,1-6,8-9,12-13,15-18H2,(H2,32,37)(H,33,39)(H,34,40)(H,35,38)/t21?,23?,24-/m0/s1. The van der Waals surface area contributed by atoms with Gasteiger partial charge in [-0.2, -0.15) is 0 Å². The highest BCUT2D eigenvalue weighted by Gasteiger charge is 2.46. The molecule has 3 fully saturated rings. The molecule has 1 aliphatic heterocycles. The Kier molecular flexibility index (Phi) is 10.6. The molecule has 1 aromatic rings. The third-order valence-corrected chi connectivity index (χ3v) is 9.00. The van der Waals surface area contributed by atoms with Gasteiger partial charge in [-0.15, -0.1) is 0 Å². The van der Waals surface area contributed by atoms with Crippen LogP contribution in [0, 0.1) is 11.8 Å². The molecule has 0 aromatic heterocycles. The minimum absolute atomic E-state index is 0.0313. The zero-order valence-corrected chi connectivity index (χ0v) is 24.2. The van der Waals surface area contributed by atoms with Crippen LogP contribution in [-0.4, -0.2) is 47.2 Å². The number of alkyl carbamates (subject to hydrolysis) is 1. The van der Waals surface area contributed by atoms with E-state index in [9.17, 15) is 24.0 Å². The van der Waals surface area contributed by atoms with Gasteiger partial charge >= 0.3 is 6.09 Å². The number of carbonyl (C=O) groups is 5. The van der Waals surface area contributed by atoms with Crippen LogP contribution >= 0.6 is 11.6 Å². The summed E-state index contributed by atoms with van der Waals surface area (Å²) in [6.07, 6.45) is 10.1. The van der Waals surface area contributed by atoms with Gasteiger partial charge in [-0.1, -0.05) is 75.1 Å². The number of halogens is 1. The van der Waals surface area contributed by atoms with Crippen LogP contribution in [0.3, 0.4) is 0 Å². The van der Waals surface area contributed by atoms with Crippen molar-refractivity contribution in [3.8, 4) is 0 Å². The number of amides is 4. The van der Waals surface area contributed by atoms with Crippen LogP contribution in [0.1, 0.15) is 89.0 Å². The van der Waals surface area contributed by atoms with Crippen molar-refractivity contribution in [3.63, 3.8) is 0 Å². The highest BCUT2D eigenvalue weighted by molar-refractivity contribution is 6.38. The van der Waals surface area contributed by atoms with Crippen molar-refractivity contribution >= 4 is 41.2 Å². The van der Waals surface area contributed by atoms with Crippen molar-refractivity contribution in [2.45, 2.75) is 108 Å². The number of hydrogen-bond donors (Lipinski definition) is 4. The molecule has 5 N–H and O–H groups in total. The summed E-state index contributed by atoms with van der Waals surface area (Å²) in [5.41, 5.74) is 5.73. The molecule has 0 radical (unpaired) electrons. The molecule has 4 rings (SSSR count). The Balaban J connectivity index is 1.43. The van der Waals surface area contributed by atoms with Gasteiger partial charge < -0.3 is 26.4 Å². The van der Waals surface area contributed by atoms with E-state index in [-0.39, 0.29) is 30.4 Å². The molecule has 1 aromatic carbocycles. The number of ether oxygens (including phenoxy) is 1. The Labute approximate surface area is 245 Å². The van der Waals surface area contributed by atoms with E-state index in [0.717, 1.165) is 64.2 Å². The third-order valence-electron chi connectivity index (χ3n) is 8.76. The first-order valence-corrected chi connectivity index (χ1v) is 15.2. The second-order valence-corrected chi connectivity index (χ2v) is 12.3. The average molecular weight is 589 g/mol. The summed E-state index contributed by atoms with van der Waals surface area (Å²) in [7, 11) is 0. The van der Waals surface area contributed by atoms with E-state index >= 15 is 0 Å². The number of Topliss-reactive ketones (excluding diaryl/α,β-unsaturated/α-hetero) is 1. The molecule has 2 saturated carbocycles. The van der Waals surface area contributed by atoms with Crippen LogP contribution in [-0.2, 0) is 30.5 Å². The SMILES string of the molecule is NC(=O)C(=O)C(CC1CC2(CCCCC2)NC1=O)NC(=O)[C@H](CC1CCCCC1)NC(=O)OCc1cccc(Cl)c1. The summed E-state index contributed by atoms with van der Waals surface area (Å²) >= 11 is 6.01. The summed E-state index contributed by atoms with van der Waals surface area (Å²) in [4.78, 5) is 63.9. The molecule has 1 heterocycles. The molecule has 41 heavy (non-hydrogen) atoms. The van der Waals surface area contributed by atoms with Gasteiger partial charge in [0.1, 0.15) is 12.6 Å². The molecule has 0 bridgehead atoms. The van der Waals surface area contributed by atoms with Crippen molar-refractivity contribution in [2.24, 2.45) is 17.6 Å². The zero-order chi connectivity index (χ0) is 29.4. The smallest absolute Gasteiger partial charge is 0.408 e. The van der Waals surface area contributed by atoms with E-state index in [1.165, 1.54) is 0 Å². The van der Waals surface area contributed by atoms with E-state index in [1.54, 1.807) is 24.3 Å². The van der Waals surface area contributed by atoms with Gasteiger partial charge in [0.2, 0.25) is 17.6 Å². The van der Waals surface area contributed by atoms with Gasteiger partial charge in [-0.25, -0.2) is 4.79 Å². The maximum atomic E-state index is 13.6.